The molecule has 1 aliphatic rings. The number of fused-ring (bicyclic) bond motifs is 3. The van der Waals surface area contributed by atoms with E-state index in [0.29, 0.717) is 18.9 Å². The molecule has 126 valence electrons. The number of rotatable bonds is 1. The minimum absolute atomic E-state index is 0.00731. The van der Waals surface area contributed by atoms with E-state index in [1.165, 1.54) is 17.3 Å². The number of nitriles is 1. The Balaban J connectivity index is 1.90. The third-order valence-electron chi connectivity index (χ3n) is 4.93. The molecule has 0 bridgehead atoms. The third kappa shape index (κ3) is 2.11. The number of nitrogens with zero attached hydrogens (tertiary/aromatic N) is 4. The summed E-state index contributed by atoms with van der Waals surface area (Å²) in [6, 6.07) is 10.1. The molecule has 7 heteroatoms. The second kappa shape index (κ2) is 5.38. The average Bonchev–Trinajstić information content (AvgIpc) is 3.00. The highest BCUT2D eigenvalue weighted by molar-refractivity contribution is 5.85. The molecule has 0 unspecified atom stereocenters. The fourth-order valence-corrected chi connectivity index (χ4v) is 3.65. The zero-order valence-corrected chi connectivity index (χ0v) is 14.0. The monoisotopic (exact) mass is 335 g/mol. The van der Waals surface area contributed by atoms with Gasteiger partial charge in [0.2, 0.25) is 0 Å². The van der Waals surface area contributed by atoms with E-state index >= 15 is 0 Å². The topological polar surface area (TPSA) is 86.8 Å². The molecule has 0 saturated heterocycles. The fourth-order valence-electron chi connectivity index (χ4n) is 3.65. The number of hydrogen-bond donors (Lipinski definition) is 1. The first-order valence-electron chi connectivity index (χ1n) is 8.06. The number of H-pyrrole nitrogens is 1. The van der Waals surface area contributed by atoms with Crippen molar-refractivity contribution in [2.45, 2.75) is 13.0 Å². The van der Waals surface area contributed by atoms with E-state index in [1.807, 2.05) is 29.2 Å². The highest BCUT2D eigenvalue weighted by Crippen LogP contribution is 2.30. The van der Waals surface area contributed by atoms with E-state index in [1.54, 1.807) is 7.05 Å². The second-order valence-corrected chi connectivity index (χ2v) is 6.32. The van der Waals surface area contributed by atoms with Gasteiger partial charge < -0.3 is 9.88 Å². The van der Waals surface area contributed by atoms with Crippen LogP contribution in [-0.4, -0.2) is 20.7 Å². The molecule has 25 heavy (non-hydrogen) atoms. The predicted molar refractivity (Wildman–Crippen MR) is 94.7 cm³/mol. The Morgan fingerprint density at radius 2 is 1.92 bits per heavy atom. The van der Waals surface area contributed by atoms with E-state index in [0.717, 1.165) is 27.5 Å². The number of para-hydroxylation sites is 1. The first-order valence-corrected chi connectivity index (χ1v) is 8.06. The fraction of sp³-hybridized carbons (Fsp3) is 0.278. The molecular weight excluding hydrogens is 318 g/mol. The van der Waals surface area contributed by atoms with Crippen LogP contribution in [0.25, 0.3) is 10.9 Å². The van der Waals surface area contributed by atoms with Gasteiger partial charge in [-0.05, 0) is 6.07 Å². The molecular formula is C18H17N5O2. The van der Waals surface area contributed by atoms with E-state index < -0.39 is 11.2 Å². The summed E-state index contributed by atoms with van der Waals surface area (Å²) in [6.07, 6.45) is 0.762. The van der Waals surface area contributed by atoms with Gasteiger partial charge in [0.15, 0.2) is 5.56 Å². The van der Waals surface area contributed by atoms with Gasteiger partial charge in [0.05, 0.1) is 0 Å². The van der Waals surface area contributed by atoms with Gasteiger partial charge in [0, 0.05) is 55.8 Å². The van der Waals surface area contributed by atoms with Crippen molar-refractivity contribution >= 4 is 16.7 Å². The molecule has 0 aliphatic carbocycles. The summed E-state index contributed by atoms with van der Waals surface area (Å²) in [5.41, 5.74) is 2.43. The maximum atomic E-state index is 12.3. The number of benzene rings is 1. The smallest absolute Gasteiger partial charge is 0.332 e. The van der Waals surface area contributed by atoms with Crippen LogP contribution in [0.1, 0.15) is 16.8 Å². The highest BCUT2D eigenvalue weighted by Gasteiger charge is 2.26. The highest BCUT2D eigenvalue weighted by atomic mass is 16.2. The lowest BCUT2D eigenvalue weighted by Crippen LogP contribution is -2.43. The van der Waals surface area contributed by atoms with Gasteiger partial charge >= 0.3 is 5.69 Å². The molecule has 1 aliphatic heterocycles. The molecule has 0 amide bonds. The summed E-state index contributed by atoms with van der Waals surface area (Å²) in [5.74, 6) is 0.395. The Hall–Kier alpha value is -3.27. The maximum absolute atomic E-state index is 12.3. The molecule has 1 aromatic carbocycles. The van der Waals surface area contributed by atoms with Crippen LogP contribution in [0, 0.1) is 11.3 Å². The Kier molecular flexibility index (Phi) is 3.29. The normalized spacial score (nSPS) is 13.7. The van der Waals surface area contributed by atoms with Crippen molar-refractivity contribution in [1.82, 2.24) is 14.1 Å². The van der Waals surface area contributed by atoms with Crippen LogP contribution in [-0.2, 0) is 27.1 Å². The van der Waals surface area contributed by atoms with Gasteiger partial charge in [0.1, 0.15) is 11.9 Å². The lowest BCUT2D eigenvalue weighted by atomic mass is 10.0. The summed E-state index contributed by atoms with van der Waals surface area (Å²) in [7, 11) is 2.99. The van der Waals surface area contributed by atoms with E-state index in [2.05, 4.69) is 11.1 Å². The van der Waals surface area contributed by atoms with Crippen molar-refractivity contribution < 1.29 is 0 Å². The van der Waals surface area contributed by atoms with Crippen LogP contribution >= 0.6 is 0 Å². The van der Waals surface area contributed by atoms with Crippen LogP contribution in [0.3, 0.4) is 0 Å². The molecule has 0 spiro atoms. The van der Waals surface area contributed by atoms with E-state index in [9.17, 15) is 14.9 Å². The second-order valence-electron chi connectivity index (χ2n) is 6.32. The molecule has 0 saturated carbocycles. The van der Waals surface area contributed by atoms with Gasteiger partial charge in [-0.3, -0.25) is 13.9 Å². The molecule has 0 fully saturated rings. The molecule has 4 rings (SSSR count). The lowest BCUT2D eigenvalue weighted by Gasteiger charge is -2.31. The summed E-state index contributed by atoms with van der Waals surface area (Å²) >= 11 is 0. The third-order valence-corrected chi connectivity index (χ3v) is 4.93. The predicted octanol–water partition coefficient (Wildman–Crippen LogP) is 1.000. The summed E-state index contributed by atoms with van der Waals surface area (Å²) in [6.45, 7) is 1.18. The summed E-state index contributed by atoms with van der Waals surface area (Å²) < 4.78 is 2.36. The Labute approximate surface area is 143 Å². The first-order chi connectivity index (χ1) is 12.0. The number of hydrogen-bond acceptors (Lipinski definition) is 4. The zero-order chi connectivity index (χ0) is 17.7. The standard InChI is InChI=1S/C18H17N5O2/c1-21-16(12(9-19)17(24)22(2)18(21)25)23-8-7-15-13(10-23)11-5-3-4-6-14(11)20-15/h3-6,20H,7-8,10H2,1-2H3. The Morgan fingerprint density at radius 3 is 2.68 bits per heavy atom. The zero-order valence-electron chi connectivity index (χ0n) is 14.0. The summed E-state index contributed by atoms with van der Waals surface area (Å²) in [5, 5.41) is 10.6. The van der Waals surface area contributed by atoms with Gasteiger partial charge in [-0.15, -0.1) is 0 Å². The quantitative estimate of drug-likeness (QED) is 0.719. The minimum atomic E-state index is -0.551. The SMILES string of the molecule is Cn1c(N2CCc3[nH]c4ccccc4c3C2)c(C#N)c(=O)n(C)c1=O. The maximum Gasteiger partial charge on any atom is 0.332 e. The molecule has 0 atom stereocenters. The largest absolute Gasteiger partial charge is 0.358 e. The van der Waals surface area contributed by atoms with Crippen LogP contribution in [0.15, 0.2) is 33.9 Å². The number of aromatic nitrogens is 3. The van der Waals surface area contributed by atoms with Crippen molar-refractivity contribution in [2.75, 3.05) is 11.4 Å². The van der Waals surface area contributed by atoms with Crippen LogP contribution in [0.5, 0.6) is 0 Å². The molecule has 2 aromatic heterocycles. The summed E-state index contributed by atoms with van der Waals surface area (Å²) in [4.78, 5) is 30.0. The van der Waals surface area contributed by atoms with Crippen molar-refractivity contribution in [3.8, 4) is 6.07 Å². The average molecular weight is 335 g/mol. The number of anilines is 1. The van der Waals surface area contributed by atoms with Gasteiger partial charge in [-0.25, -0.2) is 4.79 Å². The van der Waals surface area contributed by atoms with Crippen molar-refractivity contribution in [1.29, 1.82) is 5.26 Å². The number of aromatic amines is 1. The van der Waals surface area contributed by atoms with Gasteiger partial charge in [-0.2, -0.15) is 5.26 Å². The van der Waals surface area contributed by atoms with Gasteiger partial charge in [0.25, 0.3) is 5.56 Å². The van der Waals surface area contributed by atoms with Crippen LogP contribution < -0.4 is 16.1 Å². The van der Waals surface area contributed by atoms with E-state index in [-0.39, 0.29) is 5.56 Å². The van der Waals surface area contributed by atoms with Gasteiger partial charge in [-0.1, -0.05) is 18.2 Å². The molecule has 1 N–H and O–H groups in total. The van der Waals surface area contributed by atoms with Crippen LogP contribution in [0.2, 0.25) is 0 Å². The molecule has 3 heterocycles. The Morgan fingerprint density at radius 1 is 1.16 bits per heavy atom. The molecule has 3 aromatic rings. The number of nitrogens with one attached hydrogen (secondary N) is 1. The van der Waals surface area contributed by atoms with E-state index in [4.69, 9.17) is 0 Å². The van der Waals surface area contributed by atoms with Crippen molar-refractivity contribution in [3.05, 3.63) is 61.9 Å². The van der Waals surface area contributed by atoms with Crippen molar-refractivity contribution in [2.24, 2.45) is 14.1 Å². The minimum Gasteiger partial charge on any atom is -0.358 e. The lowest BCUT2D eigenvalue weighted by molar-refractivity contribution is 0.635. The molecule has 0 radical (unpaired) electrons. The first kappa shape index (κ1) is 15.3. The molecule has 7 nitrogen and oxygen atoms in total. The Bertz CT molecular complexity index is 1160. The van der Waals surface area contributed by atoms with Crippen molar-refractivity contribution in [3.63, 3.8) is 0 Å². The van der Waals surface area contributed by atoms with Crippen LogP contribution in [0.4, 0.5) is 5.82 Å².